The third-order valence-corrected chi connectivity index (χ3v) is 3.62. The number of benzene rings is 2. The van der Waals surface area contributed by atoms with Gasteiger partial charge in [-0.1, -0.05) is 23.7 Å². The summed E-state index contributed by atoms with van der Waals surface area (Å²) in [5.74, 6) is 0.280. The molecular formula is C14H11ClINO2. The van der Waals surface area contributed by atoms with E-state index in [0.29, 0.717) is 17.2 Å². The number of hydrogen-bond donors (Lipinski definition) is 1. The minimum atomic E-state index is -0.442. The third-order valence-electron chi connectivity index (χ3n) is 2.52. The van der Waals surface area contributed by atoms with Crippen molar-refractivity contribution in [3.63, 3.8) is 0 Å². The van der Waals surface area contributed by atoms with E-state index in [9.17, 15) is 4.79 Å². The molecule has 1 amide bonds. The third kappa shape index (κ3) is 3.84. The molecule has 3 nitrogen and oxygen atoms in total. The van der Waals surface area contributed by atoms with Crippen LogP contribution in [0.4, 0.5) is 0 Å². The molecule has 0 aromatic heterocycles. The molecule has 0 aliphatic heterocycles. The quantitative estimate of drug-likeness (QED) is 0.815. The Kier molecular flexibility index (Phi) is 4.66. The summed E-state index contributed by atoms with van der Waals surface area (Å²) >= 11 is 7.93. The van der Waals surface area contributed by atoms with Crippen LogP contribution in [0.3, 0.4) is 0 Å². The molecule has 2 N–H and O–H groups in total. The van der Waals surface area contributed by atoms with Crippen LogP contribution in [0.1, 0.15) is 15.9 Å². The Morgan fingerprint density at radius 3 is 2.47 bits per heavy atom. The molecule has 0 heterocycles. The Hall–Kier alpha value is -1.27. The van der Waals surface area contributed by atoms with E-state index >= 15 is 0 Å². The minimum absolute atomic E-state index is 0.442. The molecule has 0 bridgehead atoms. The van der Waals surface area contributed by atoms with Crippen LogP contribution < -0.4 is 10.5 Å². The van der Waals surface area contributed by atoms with Gasteiger partial charge in [0.05, 0.1) is 3.57 Å². The van der Waals surface area contributed by atoms with E-state index in [2.05, 4.69) is 22.6 Å². The highest BCUT2D eigenvalue weighted by molar-refractivity contribution is 14.1. The lowest BCUT2D eigenvalue weighted by molar-refractivity contribution is 0.1000. The first kappa shape index (κ1) is 14.1. The average Bonchev–Trinajstić information content (AvgIpc) is 2.39. The lowest BCUT2D eigenvalue weighted by atomic mass is 10.2. The molecule has 0 radical (unpaired) electrons. The molecule has 2 aromatic carbocycles. The average molecular weight is 388 g/mol. The molecule has 0 unspecified atom stereocenters. The van der Waals surface area contributed by atoms with Gasteiger partial charge in [0.1, 0.15) is 12.4 Å². The molecule has 0 aliphatic rings. The molecule has 2 rings (SSSR count). The highest BCUT2D eigenvalue weighted by Crippen LogP contribution is 2.23. The largest absolute Gasteiger partial charge is 0.488 e. The zero-order valence-corrected chi connectivity index (χ0v) is 12.8. The number of carbonyl (C=O) groups excluding carboxylic acids is 1. The summed E-state index contributed by atoms with van der Waals surface area (Å²) in [6.07, 6.45) is 0. The minimum Gasteiger partial charge on any atom is -0.488 e. The summed E-state index contributed by atoms with van der Waals surface area (Å²) < 4.78 is 6.54. The molecule has 0 atom stereocenters. The van der Waals surface area contributed by atoms with Gasteiger partial charge in [-0.15, -0.1) is 0 Å². The molecule has 0 fully saturated rings. The highest BCUT2D eigenvalue weighted by Gasteiger charge is 2.06. The molecule has 0 saturated carbocycles. The van der Waals surface area contributed by atoms with Crippen LogP contribution in [0.5, 0.6) is 5.75 Å². The summed E-state index contributed by atoms with van der Waals surface area (Å²) in [6, 6.07) is 12.6. The number of amides is 1. The number of nitrogens with two attached hydrogens (primary N) is 1. The fraction of sp³-hybridized carbons (Fsp3) is 0.0714. The van der Waals surface area contributed by atoms with Gasteiger partial charge in [-0.05, 0) is 58.5 Å². The number of ether oxygens (including phenoxy) is 1. The van der Waals surface area contributed by atoms with Crippen LogP contribution in [0.15, 0.2) is 42.5 Å². The Labute approximate surface area is 129 Å². The van der Waals surface area contributed by atoms with Gasteiger partial charge in [-0.3, -0.25) is 4.79 Å². The maximum atomic E-state index is 11.0. The molecule has 2 aromatic rings. The zero-order chi connectivity index (χ0) is 13.8. The van der Waals surface area contributed by atoms with Crippen LogP contribution in [-0.2, 0) is 6.61 Å². The van der Waals surface area contributed by atoms with Gasteiger partial charge in [0.25, 0.3) is 0 Å². The lowest BCUT2D eigenvalue weighted by Crippen LogP contribution is -2.11. The van der Waals surface area contributed by atoms with Gasteiger partial charge in [-0.2, -0.15) is 0 Å². The van der Waals surface area contributed by atoms with Gasteiger partial charge in [0.2, 0.25) is 5.91 Å². The first-order valence-electron chi connectivity index (χ1n) is 5.53. The van der Waals surface area contributed by atoms with Crippen molar-refractivity contribution < 1.29 is 9.53 Å². The Bertz CT molecular complexity index is 599. The van der Waals surface area contributed by atoms with Crippen molar-refractivity contribution >= 4 is 40.1 Å². The van der Waals surface area contributed by atoms with E-state index in [1.54, 1.807) is 18.2 Å². The second-order valence-electron chi connectivity index (χ2n) is 3.92. The van der Waals surface area contributed by atoms with Gasteiger partial charge in [-0.25, -0.2) is 0 Å². The molecule has 0 saturated heterocycles. The SMILES string of the molecule is NC(=O)c1ccc(OCc2ccc(Cl)cc2)c(I)c1. The van der Waals surface area contributed by atoms with E-state index in [1.807, 2.05) is 24.3 Å². The van der Waals surface area contributed by atoms with Crippen molar-refractivity contribution in [2.24, 2.45) is 5.73 Å². The van der Waals surface area contributed by atoms with Crippen molar-refractivity contribution in [1.82, 2.24) is 0 Å². The van der Waals surface area contributed by atoms with Crippen molar-refractivity contribution in [1.29, 1.82) is 0 Å². The summed E-state index contributed by atoms with van der Waals surface area (Å²) in [6.45, 7) is 0.448. The van der Waals surface area contributed by atoms with Crippen LogP contribution in [0.2, 0.25) is 5.02 Å². The standard InChI is InChI=1S/C14H11ClINO2/c15-11-4-1-9(2-5-11)8-19-13-6-3-10(14(17)18)7-12(13)16/h1-7H,8H2,(H2,17,18). The smallest absolute Gasteiger partial charge is 0.248 e. The van der Waals surface area contributed by atoms with Gasteiger partial charge < -0.3 is 10.5 Å². The fourth-order valence-corrected chi connectivity index (χ4v) is 2.31. The highest BCUT2D eigenvalue weighted by atomic mass is 127. The maximum absolute atomic E-state index is 11.0. The number of carbonyl (C=O) groups is 1. The van der Waals surface area contributed by atoms with E-state index in [1.165, 1.54) is 0 Å². The number of halogens is 2. The van der Waals surface area contributed by atoms with E-state index in [4.69, 9.17) is 22.1 Å². The Morgan fingerprint density at radius 1 is 1.21 bits per heavy atom. The normalized spacial score (nSPS) is 10.2. The van der Waals surface area contributed by atoms with Crippen molar-refractivity contribution in [2.45, 2.75) is 6.61 Å². The van der Waals surface area contributed by atoms with Crippen LogP contribution in [0, 0.1) is 3.57 Å². The molecule has 98 valence electrons. The molecule has 0 aliphatic carbocycles. The Balaban J connectivity index is 2.07. The topological polar surface area (TPSA) is 52.3 Å². The van der Waals surface area contributed by atoms with E-state index < -0.39 is 5.91 Å². The molecule has 19 heavy (non-hydrogen) atoms. The second kappa shape index (κ2) is 6.25. The summed E-state index contributed by atoms with van der Waals surface area (Å²) in [5, 5.41) is 0.698. The molecule has 0 spiro atoms. The molecule has 5 heteroatoms. The summed E-state index contributed by atoms with van der Waals surface area (Å²) in [5.41, 5.74) is 6.72. The Morgan fingerprint density at radius 2 is 1.89 bits per heavy atom. The predicted molar refractivity (Wildman–Crippen MR) is 83.5 cm³/mol. The lowest BCUT2D eigenvalue weighted by Gasteiger charge is -2.09. The fourth-order valence-electron chi connectivity index (χ4n) is 1.51. The van der Waals surface area contributed by atoms with E-state index in [0.717, 1.165) is 14.9 Å². The number of rotatable bonds is 4. The van der Waals surface area contributed by atoms with Gasteiger partial charge >= 0.3 is 0 Å². The van der Waals surface area contributed by atoms with Crippen LogP contribution >= 0.6 is 34.2 Å². The second-order valence-corrected chi connectivity index (χ2v) is 5.52. The van der Waals surface area contributed by atoms with Crippen molar-refractivity contribution in [2.75, 3.05) is 0 Å². The number of hydrogen-bond acceptors (Lipinski definition) is 2. The van der Waals surface area contributed by atoms with Crippen molar-refractivity contribution in [3.8, 4) is 5.75 Å². The summed E-state index contributed by atoms with van der Waals surface area (Å²) in [4.78, 5) is 11.0. The van der Waals surface area contributed by atoms with Gasteiger partial charge in [0.15, 0.2) is 0 Å². The maximum Gasteiger partial charge on any atom is 0.248 e. The first-order chi connectivity index (χ1) is 9.06. The summed E-state index contributed by atoms with van der Waals surface area (Å²) in [7, 11) is 0. The number of primary amides is 1. The zero-order valence-electron chi connectivity index (χ0n) is 9.90. The first-order valence-corrected chi connectivity index (χ1v) is 6.98. The molecular weight excluding hydrogens is 377 g/mol. The van der Waals surface area contributed by atoms with Crippen LogP contribution in [0.25, 0.3) is 0 Å². The van der Waals surface area contributed by atoms with Crippen LogP contribution in [-0.4, -0.2) is 5.91 Å². The predicted octanol–water partition coefficient (Wildman–Crippen LogP) is 3.62. The monoisotopic (exact) mass is 387 g/mol. The van der Waals surface area contributed by atoms with E-state index in [-0.39, 0.29) is 0 Å². The van der Waals surface area contributed by atoms with Crippen molar-refractivity contribution in [3.05, 3.63) is 62.2 Å². The van der Waals surface area contributed by atoms with Gasteiger partial charge in [0, 0.05) is 10.6 Å².